The van der Waals surface area contributed by atoms with Crippen LogP contribution in [0.1, 0.15) is 63.1 Å². The second-order valence-electron chi connectivity index (χ2n) is 10.7. The standard InChI is InChI=1S/C33H39N3/c1-23(2)7-6-8-24(3)9-14-27-15-21-30(22-16-27)33-35-31(28-17-10-25(4)11-18-28)34-32(36-33)29-19-12-26(5)13-20-29/h10-13,15-24H,6-9,14H2,1-5H3. The van der Waals surface area contributed by atoms with Gasteiger partial charge >= 0.3 is 0 Å². The van der Waals surface area contributed by atoms with E-state index in [4.69, 9.17) is 15.0 Å². The number of aryl methyl sites for hydroxylation is 3. The summed E-state index contributed by atoms with van der Waals surface area (Å²) in [7, 11) is 0. The molecule has 0 bridgehead atoms. The third kappa shape index (κ3) is 7.10. The third-order valence-electron chi connectivity index (χ3n) is 6.87. The molecule has 0 radical (unpaired) electrons. The van der Waals surface area contributed by atoms with Crippen LogP contribution in [0, 0.1) is 25.7 Å². The normalized spacial score (nSPS) is 12.2. The van der Waals surface area contributed by atoms with E-state index >= 15 is 0 Å². The van der Waals surface area contributed by atoms with Gasteiger partial charge in [0.2, 0.25) is 0 Å². The van der Waals surface area contributed by atoms with Crippen molar-refractivity contribution in [2.24, 2.45) is 11.8 Å². The van der Waals surface area contributed by atoms with Gasteiger partial charge < -0.3 is 0 Å². The molecule has 3 heteroatoms. The minimum atomic E-state index is 0.704. The molecule has 0 amide bonds. The van der Waals surface area contributed by atoms with Gasteiger partial charge in [-0.2, -0.15) is 0 Å². The van der Waals surface area contributed by atoms with E-state index < -0.39 is 0 Å². The fourth-order valence-corrected chi connectivity index (χ4v) is 4.42. The summed E-state index contributed by atoms with van der Waals surface area (Å²) in [5.74, 6) is 3.69. The Kier molecular flexibility index (Phi) is 8.64. The molecule has 186 valence electrons. The van der Waals surface area contributed by atoms with Gasteiger partial charge in [0, 0.05) is 16.7 Å². The first-order chi connectivity index (χ1) is 17.4. The van der Waals surface area contributed by atoms with Crippen LogP contribution in [0.2, 0.25) is 0 Å². The monoisotopic (exact) mass is 477 g/mol. The summed E-state index contributed by atoms with van der Waals surface area (Å²) in [5, 5.41) is 0. The van der Waals surface area contributed by atoms with Gasteiger partial charge in [-0.15, -0.1) is 0 Å². The van der Waals surface area contributed by atoms with Crippen LogP contribution in [0.15, 0.2) is 72.8 Å². The van der Waals surface area contributed by atoms with E-state index in [1.807, 2.05) is 0 Å². The van der Waals surface area contributed by atoms with Crippen molar-refractivity contribution >= 4 is 0 Å². The highest BCUT2D eigenvalue weighted by molar-refractivity contribution is 5.66. The van der Waals surface area contributed by atoms with Gasteiger partial charge in [-0.05, 0) is 44.1 Å². The molecule has 0 N–H and O–H groups in total. The molecule has 0 saturated heterocycles. The fraction of sp³-hybridized carbons (Fsp3) is 0.364. The van der Waals surface area contributed by atoms with Crippen LogP contribution in [0.25, 0.3) is 34.2 Å². The fourth-order valence-electron chi connectivity index (χ4n) is 4.42. The Labute approximate surface area is 217 Å². The lowest BCUT2D eigenvalue weighted by atomic mass is 9.94. The first-order valence-electron chi connectivity index (χ1n) is 13.4. The van der Waals surface area contributed by atoms with Crippen molar-refractivity contribution in [3.63, 3.8) is 0 Å². The van der Waals surface area contributed by atoms with Crippen molar-refractivity contribution in [3.8, 4) is 34.2 Å². The van der Waals surface area contributed by atoms with Gasteiger partial charge in [0.1, 0.15) is 0 Å². The van der Waals surface area contributed by atoms with E-state index in [-0.39, 0.29) is 0 Å². The highest BCUT2D eigenvalue weighted by Gasteiger charge is 2.12. The topological polar surface area (TPSA) is 38.7 Å². The van der Waals surface area contributed by atoms with Gasteiger partial charge in [-0.3, -0.25) is 0 Å². The predicted molar refractivity (Wildman–Crippen MR) is 152 cm³/mol. The van der Waals surface area contributed by atoms with Crippen LogP contribution in [-0.2, 0) is 6.42 Å². The van der Waals surface area contributed by atoms with Crippen molar-refractivity contribution in [1.29, 1.82) is 0 Å². The summed E-state index contributed by atoms with van der Waals surface area (Å²) in [6.45, 7) is 11.2. The molecular formula is C33H39N3. The molecule has 36 heavy (non-hydrogen) atoms. The molecule has 1 aromatic heterocycles. The van der Waals surface area contributed by atoms with Gasteiger partial charge in [0.15, 0.2) is 17.5 Å². The molecule has 3 aromatic carbocycles. The molecule has 0 fully saturated rings. The lowest BCUT2D eigenvalue weighted by Crippen LogP contribution is -2.01. The van der Waals surface area contributed by atoms with E-state index in [0.717, 1.165) is 34.9 Å². The van der Waals surface area contributed by atoms with E-state index in [1.165, 1.54) is 42.4 Å². The van der Waals surface area contributed by atoms with Crippen LogP contribution in [0.3, 0.4) is 0 Å². The molecule has 0 aliphatic heterocycles. The molecule has 4 rings (SSSR count). The predicted octanol–water partition coefficient (Wildman–Crippen LogP) is 8.88. The van der Waals surface area contributed by atoms with Crippen LogP contribution >= 0.6 is 0 Å². The van der Waals surface area contributed by atoms with Gasteiger partial charge in [-0.25, -0.2) is 15.0 Å². The molecule has 0 aliphatic carbocycles. The van der Waals surface area contributed by atoms with Crippen LogP contribution in [0.4, 0.5) is 0 Å². The van der Waals surface area contributed by atoms with Gasteiger partial charge in [0.25, 0.3) is 0 Å². The van der Waals surface area contributed by atoms with E-state index in [0.29, 0.717) is 17.5 Å². The average Bonchev–Trinajstić information content (AvgIpc) is 2.88. The summed E-state index contributed by atoms with van der Waals surface area (Å²) >= 11 is 0. The maximum Gasteiger partial charge on any atom is 0.164 e. The van der Waals surface area contributed by atoms with Crippen molar-refractivity contribution in [2.45, 2.75) is 66.7 Å². The van der Waals surface area contributed by atoms with Gasteiger partial charge in [-0.1, -0.05) is 124 Å². The highest BCUT2D eigenvalue weighted by atomic mass is 15.0. The number of hydrogen-bond acceptors (Lipinski definition) is 3. The minimum absolute atomic E-state index is 0.704. The smallest absolute Gasteiger partial charge is 0.164 e. The number of benzene rings is 3. The van der Waals surface area contributed by atoms with E-state index in [9.17, 15) is 0 Å². The zero-order valence-electron chi connectivity index (χ0n) is 22.5. The average molecular weight is 478 g/mol. The van der Waals surface area contributed by atoms with Crippen LogP contribution < -0.4 is 0 Å². The highest BCUT2D eigenvalue weighted by Crippen LogP contribution is 2.26. The Morgan fingerprint density at radius 2 is 0.944 bits per heavy atom. The SMILES string of the molecule is Cc1ccc(-c2nc(-c3ccc(C)cc3)nc(-c3ccc(CCC(C)CCCC(C)C)cc3)n2)cc1. The van der Waals surface area contributed by atoms with Crippen LogP contribution in [0.5, 0.6) is 0 Å². The zero-order chi connectivity index (χ0) is 25.5. The second kappa shape index (κ2) is 12.1. The Bertz CT molecular complexity index is 1180. The Morgan fingerprint density at radius 1 is 0.528 bits per heavy atom. The quantitative estimate of drug-likeness (QED) is 0.229. The molecule has 1 atom stereocenters. The van der Waals surface area contributed by atoms with Crippen molar-refractivity contribution in [3.05, 3.63) is 89.5 Å². The molecule has 1 heterocycles. The molecule has 0 spiro atoms. The lowest BCUT2D eigenvalue weighted by Gasteiger charge is -2.12. The van der Waals surface area contributed by atoms with Crippen LogP contribution in [-0.4, -0.2) is 15.0 Å². The number of hydrogen-bond donors (Lipinski definition) is 0. The van der Waals surface area contributed by atoms with Gasteiger partial charge in [0.05, 0.1) is 0 Å². The molecule has 4 aromatic rings. The Balaban J connectivity index is 1.56. The number of rotatable bonds is 10. The second-order valence-corrected chi connectivity index (χ2v) is 10.7. The van der Waals surface area contributed by atoms with Crippen molar-refractivity contribution in [1.82, 2.24) is 15.0 Å². The summed E-state index contributed by atoms with van der Waals surface area (Å²) in [6, 6.07) is 25.5. The Hall–Kier alpha value is -3.33. The molecular weight excluding hydrogens is 438 g/mol. The largest absolute Gasteiger partial charge is 0.208 e. The summed E-state index contributed by atoms with van der Waals surface area (Å²) in [5.41, 5.74) is 6.84. The number of nitrogens with zero attached hydrogens (tertiary/aromatic N) is 3. The maximum atomic E-state index is 4.88. The lowest BCUT2D eigenvalue weighted by molar-refractivity contribution is 0.437. The molecule has 3 nitrogen and oxygen atoms in total. The Morgan fingerprint density at radius 3 is 1.36 bits per heavy atom. The van der Waals surface area contributed by atoms with E-state index in [2.05, 4.69) is 107 Å². The summed E-state index contributed by atoms with van der Waals surface area (Å²) < 4.78 is 0. The zero-order valence-corrected chi connectivity index (χ0v) is 22.5. The van der Waals surface area contributed by atoms with Crippen molar-refractivity contribution in [2.75, 3.05) is 0 Å². The first kappa shape index (κ1) is 25.8. The third-order valence-corrected chi connectivity index (χ3v) is 6.87. The molecule has 0 saturated carbocycles. The molecule has 1 unspecified atom stereocenters. The number of aromatic nitrogens is 3. The first-order valence-corrected chi connectivity index (χ1v) is 13.4. The van der Waals surface area contributed by atoms with E-state index in [1.54, 1.807) is 0 Å². The summed E-state index contributed by atoms with van der Waals surface area (Å²) in [4.78, 5) is 14.6. The molecule has 0 aliphatic rings. The summed E-state index contributed by atoms with van der Waals surface area (Å²) in [6.07, 6.45) is 6.34. The minimum Gasteiger partial charge on any atom is -0.208 e. The maximum absolute atomic E-state index is 4.88. The van der Waals surface area contributed by atoms with Crippen molar-refractivity contribution < 1.29 is 0 Å².